The standard InChI is InChI=1S/C9H9NO4/c1-10(9(11)12)7-3-2-6-5-13-14-8(6)4-7/h2-4H,5H2,1H3,(H,11,12). The molecule has 1 amide bonds. The zero-order valence-electron chi connectivity index (χ0n) is 7.56. The van der Waals surface area contributed by atoms with Crippen LogP contribution in [0.4, 0.5) is 10.5 Å². The number of amides is 1. The molecule has 0 fully saturated rings. The molecule has 2 rings (SSSR count). The van der Waals surface area contributed by atoms with Crippen molar-refractivity contribution in [1.29, 1.82) is 0 Å². The van der Waals surface area contributed by atoms with E-state index in [9.17, 15) is 4.79 Å². The Labute approximate surface area is 80.4 Å². The predicted molar refractivity (Wildman–Crippen MR) is 48.3 cm³/mol. The minimum atomic E-state index is -1.01. The maximum atomic E-state index is 10.7. The van der Waals surface area contributed by atoms with Crippen LogP contribution in [0, 0.1) is 0 Å². The van der Waals surface area contributed by atoms with E-state index in [0.717, 1.165) is 10.5 Å². The maximum absolute atomic E-state index is 10.7. The largest absolute Gasteiger partial charge is 0.465 e. The van der Waals surface area contributed by atoms with Crippen molar-refractivity contribution in [2.45, 2.75) is 6.61 Å². The molecule has 5 nitrogen and oxygen atoms in total. The number of carbonyl (C=O) groups is 1. The normalized spacial score (nSPS) is 13.2. The van der Waals surface area contributed by atoms with Crippen LogP contribution in [-0.4, -0.2) is 18.2 Å². The second-order valence-electron chi connectivity index (χ2n) is 2.98. The molecule has 1 N–H and O–H groups in total. The van der Waals surface area contributed by atoms with Crippen molar-refractivity contribution >= 4 is 11.8 Å². The molecule has 1 aromatic carbocycles. The first kappa shape index (κ1) is 8.83. The lowest BCUT2D eigenvalue weighted by Crippen LogP contribution is -2.23. The summed E-state index contributed by atoms with van der Waals surface area (Å²) in [4.78, 5) is 21.4. The number of anilines is 1. The van der Waals surface area contributed by atoms with E-state index in [4.69, 9.17) is 14.9 Å². The monoisotopic (exact) mass is 195 g/mol. The molecule has 1 heterocycles. The summed E-state index contributed by atoms with van der Waals surface area (Å²) in [7, 11) is 1.47. The topological polar surface area (TPSA) is 59.0 Å². The van der Waals surface area contributed by atoms with Gasteiger partial charge in [0.2, 0.25) is 0 Å². The Morgan fingerprint density at radius 3 is 3.07 bits per heavy atom. The van der Waals surface area contributed by atoms with E-state index >= 15 is 0 Å². The lowest BCUT2D eigenvalue weighted by Gasteiger charge is -2.12. The van der Waals surface area contributed by atoms with Crippen molar-refractivity contribution in [3.63, 3.8) is 0 Å². The molecule has 0 spiro atoms. The number of rotatable bonds is 1. The van der Waals surface area contributed by atoms with Crippen LogP contribution in [0.2, 0.25) is 0 Å². The van der Waals surface area contributed by atoms with Gasteiger partial charge in [-0.2, -0.15) is 4.89 Å². The highest BCUT2D eigenvalue weighted by Crippen LogP contribution is 2.30. The van der Waals surface area contributed by atoms with Gasteiger partial charge in [0.05, 0.1) is 5.69 Å². The fraction of sp³-hybridized carbons (Fsp3) is 0.222. The van der Waals surface area contributed by atoms with Gasteiger partial charge in [-0.15, -0.1) is 0 Å². The molecule has 0 bridgehead atoms. The summed E-state index contributed by atoms with van der Waals surface area (Å²) in [6, 6.07) is 5.14. The van der Waals surface area contributed by atoms with Crippen molar-refractivity contribution in [2.75, 3.05) is 11.9 Å². The van der Waals surface area contributed by atoms with Gasteiger partial charge in [0.15, 0.2) is 5.75 Å². The summed E-state index contributed by atoms with van der Waals surface area (Å²) in [5.41, 5.74) is 1.48. The third kappa shape index (κ3) is 1.38. The third-order valence-electron chi connectivity index (χ3n) is 2.09. The Hall–Kier alpha value is -1.75. The van der Waals surface area contributed by atoms with E-state index in [1.807, 2.05) is 0 Å². The zero-order chi connectivity index (χ0) is 10.1. The van der Waals surface area contributed by atoms with Gasteiger partial charge in [-0.25, -0.2) is 4.79 Å². The molecular weight excluding hydrogens is 186 g/mol. The van der Waals surface area contributed by atoms with Gasteiger partial charge in [0.1, 0.15) is 6.61 Å². The molecule has 0 saturated heterocycles. The Morgan fingerprint density at radius 2 is 2.36 bits per heavy atom. The maximum Gasteiger partial charge on any atom is 0.411 e. The average molecular weight is 195 g/mol. The third-order valence-corrected chi connectivity index (χ3v) is 2.09. The van der Waals surface area contributed by atoms with Crippen LogP contribution in [0.3, 0.4) is 0 Å². The van der Waals surface area contributed by atoms with Gasteiger partial charge in [-0.3, -0.25) is 4.90 Å². The molecule has 5 heteroatoms. The molecule has 0 aromatic heterocycles. The fourth-order valence-electron chi connectivity index (χ4n) is 1.22. The van der Waals surface area contributed by atoms with Crippen molar-refractivity contribution in [1.82, 2.24) is 0 Å². The lowest BCUT2D eigenvalue weighted by atomic mass is 10.2. The van der Waals surface area contributed by atoms with E-state index in [1.54, 1.807) is 18.2 Å². The second kappa shape index (κ2) is 3.19. The van der Waals surface area contributed by atoms with Crippen LogP contribution in [-0.2, 0) is 11.5 Å². The molecule has 0 unspecified atom stereocenters. The zero-order valence-corrected chi connectivity index (χ0v) is 7.56. The van der Waals surface area contributed by atoms with E-state index in [0.29, 0.717) is 18.0 Å². The molecule has 0 radical (unpaired) electrons. The lowest BCUT2D eigenvalue weighted by molar-refractivity contribution is -0.194. The average Bonchev–Trinajstić information content (AvgIpc) is 2.62. The summed E-state index contributed by atoms with van der Waals surface area (Å²) in [5, 5.41) is 8.74. The van der Waals surface area contributed by atoms with Crippen LogP contribution in [0.15, 0.2) is 18.2 Å². The Morgan fingerprint density at radius 1 is 1.57 bits per heavy atom. The molecular formula is C9H9NO4. The molecule has 1 aliphatic heterocycles. The second-order valence-corrected chi connectivity index (χ2v) is 2.98. The van der Waals surface area contributed by atoms with Crippen LogP contribution in [0.5, 0.6) is 5.75 Å². The van der Waals surface area contributed by atoms with Crippen molar-refractivity contribution in [3.8, 4) is 5.75 Å². The predicted octanol–water partition coefficient (Wildman–Crippen LogP) is 1.62. The molecule has 1 aromatic rings. The van der Waals surface area contributed by atoms with E-state index in [2.05, 4.69) is 0 Å². The summed E-state index contributed by atoms with van der Waals surface area (Å²) in [5.74, 6) is 0.579. The molecule has 14 heavy (non-hydrogen) atoms. The van der Waals surface area contributed by atoms with Crippen molar-refractivity contribution in [3.05, 3.63) is 23.8 Å². The van der Waals surface area contributed by atoms with Crippen LogP contribution >= 0.6 is 0 Å². The molecule has 0 saturated carbocycles. The minimum Gasteiger partial charge on any atom is -0.465 e. The highest BCUT2D eigenvalue weighted by atomic mass is 17.2. The quantitative estimate of drug-likeness (QED) is 0.692. The smallest absolute Gasteiger partial charge is 0.411 e. The molecule has 0 aliphatic carbocycles. The number of hydrogen-bond donors (Lipinski definition) is 1. The molecule has 74 valence electrons. The SMILES string of the molecule is CN(C(=O)O)c1ccc2c(c1)OOC2. The van der Waals surface area contributed by atoms with Gasteiger partial charge >= 0.3 is 6.09 Å². The van der Waals surface area contributed by atoms with Crippen LogP contribution < -0.4 is 9.79 Å². The molecule has 1 aliphatic rings. The van der Waals surface area contributed by atoms with Gasteiger partial charge in [0, 0.05) is 18.7 Å². The van der Waals surface area contributed by atoms with E-state index in [1.165, 1.54) is 7.05 Å². The number of carboxylic acid groups (broad SMARTS) is 1. The Balaban J connectivity index is 2.33. The number of benzene rings is 1. The van der Waals surface area contributed by atoms with Crippen molar-refractivity contribution in [2.24, 2.45) is 0 Å². The minimum absolute atomic E-state index is 0.409. The number of fused-ring (bicyclic) bond motifs is 1. The van der Waals surface area contributed by atoms with Gasteiger partial charge < -0.3 is 9.99 Å². The van der Waals surface area contributed by atoms with E-state index < -0.39 is 6.09 Å². The van der Waals surface area contributed by atoms with Crippen LogP contribution in [0.25, 0.3) is 0 Å². The number of nitrogens with zero attached hydrogens (tertiary/aromatic N) is 1. The summed E-state index contributed by atoms with van der Waals surface area (Å²) in [6.07, 6.45) is -1.01. The van der Waals surface area contributed by atoms with Gasteiger partial charge in [-0.05, 0) is 6.07 Å². The van der Waals surface area contributed by atoms with Crippen molar-refractivity contribution < 1.29 is 19.7 Å². The highest BCUT2D eigenvalue weighted by Gasteiger charge is 2.16. The highest BCUT2D eigenvalue weighted by molar-refractivity contribution is 5.85. The molecule has 0 atom stereocenters. The Bertz CT molecular complexity index is 377. The first-order chi connectivity index (χ1) is 6.68. The summed E-state index contributed by atoms with van der Waals surface area (Å²) >= 11 is 0. The Kier molecular flexibility index (Phi) is 2.01. The fourth-order valence-corrected chi connectivity index (χ4v) is 1.22. The van der Waals surface area contributed by atoms with Gasteiger partial charge in [0.25, 0.3) is 0 Å². The number of hydrogen-bond acceptors (Lipinski definition) is 3. The first-order valence-electron chi connectivity index (χ1n) is 4.07. The van der Waals surface area contributed by atoms with Crippen LogP contribution in [0.1, 0.15) is 5.56 Å². The summed E-state index contributed by atoms with van der Waals surface area (Å²) in [6.45, 7) is 0.409. The summed E-state index contributed by atoms with van der Waals surface area (Å²) < 4.78 is 0. The van der Waals surface area contributed by atoms with Gasteiger partial charge in [-0.1, -0.05) is 6.07 Å². The first-order valence-corrected chi connectivity index (χ1v) is 4.07. The van der Waals surface area contributed by atoms with E-state index in [-0.39, 0.29) is 0 Å².